The van der Waals surface area contributed by atoms with E-state index in [4.69, 9.17) is 4.74 Å². The van der Waals surface area contributed by atoms with Crippen LogP contribution in [-0.2, 0) is 27.4 Å². The Morgan fingerprint density at radius 2 is 2.16 bits per heavy atom. The second-order valence-electron chi connectivity index (χ2n) is 5.73. The summed E-state index contributed by atoms with van der Waals surface area (Å²) < 4.78 is 19.1. The highest BCUT2D eigenvalue weighted by Gasteiger charge is 2.20. The molecule has 0 fully saturated rings. The number of imidazole rings is 1. The molecule has 1 aromatic heterocycles. The van der Waals surface area contributed by atoms with E-state index in [1.165, 1.54) is 0 Å². The third-order valence-corrected chi connectivity index (χ3v) is 4.02. The molecule has 5 nitrogen and oxygen atoms in total. The van der Waals surface area contributed by atoms with Gasteiger partial charge in [-0.15, -0.1) is 0 Å². The van der Waals surface area contributed by atoms with Crippen molar-refractivity contribution < 1.29 is 13.7 Å². The summed E-state index contributed by atoms with van der Waals surface area (Å²) >= 11 is 0. The van der Waals surface area contributed by atoms with Crippen molar-refractivity contribution in [2.75, 3.05) is 5.75 Å². The zero-order valence-corrected chi connectivity index (χ0v) is 13.0. The van der Waals surface area contributed by atoms with E-state index in [0.29, 0.717) is 10.9 Å². The highest BCUT2D eigenvalue weighted by atomic mass is 32.2. The van der Waals surface area contributed by atoms with Crippen LogP contribution in [-0.4, -0.2) is 31.1 Å². The minimum absolute atomic E-state index is 0.00705. The second-order valence-corrected chi connectivity index (χ2v) is 7.12. The molecule has 1 aromatic rings. The maximum atomic E-state index is 12.1. The first-order valence-electron chi connectivity index (χ1n) is 6.26. The van der Waals surface area contributed by atoms with Gasteiger partial charge in [-0.05, 0) is 26.7 Å². The van der Waals surface area contributed by atoms with Crippen molar-refractivity contribution in [2.24, 2.45) is 13.0 Å². The number of carbonyl (C=O) groups is 1. The fourth-order valence-electron chi connectivity index (χ4n) is 1.63. The van der Waals surface area contributed by atoms with E-state index in [9.17, 15) is 9.00 Å². The van der Waals surface area contributed by atoms with Crippen molar-refractivity contribution in [1.29, 1.82) is 0 Å². The molecule has 19 heavy (non-hydrogen) atoms. The lowest BCUT2D eigenvalue weighted by Crippen LogP contribution is -2.26. The Morgan fingerprint density at radius 3 is 2.63 bits per heavy atom. The third-order valence-electron chi connectivity index (χ3n) is 2.35. The lowest BCUT2D eigenvalue weighted by molar-refractivity contribution is -0.155. The summed E-state index contributed by atoms with van der Waals surface area (Å²) in [4.78, 5) is 15.7. The molecule has 0 saturated heterocycles. The van der Waals surface area contributed by atoms with Crippen molar-refractivity contribution in [2.45, 2.75) is 44.9 Å². The predicted molar refractivity (Wildman–Crippen MR) is 74.1 cm³/mol. The van der Waals surface area contributed by atoms with E-state index >= 15 is 0 Å². The van der Waals surface area contributed by atoms with Gasteiger partial charge in [-0.1, -0.05) is 6.92 Å². The number of ether oxygens (including phenoxy) is 1. The SMILES string of the molecule is C[C@@H](CC(=O)OC(C)(C)C)CS(=O)c1nccn1C. The smallest absolute Gasteiger partial charge is 0.306 e. The molecule has 0 aliphatic rings. The molecular formula is C13H22N2O3S. The van der Waals surface area contributed by atoms with Crippen molar-refractivity contribution in [3.05, 3.63) is 12.4 Å². The Morgan fingerprint density at radius 1 is 1.53 bits per heavy atom. The lowest BCUT2D eigenvalue weighted by atomic mass is 10.1. The Bertz CT molecular complexity index is 463. The summed E-state index contributed by atoms with van der Waals surface area (Å²) in [6.45, 7) is 7.40. The maximum Gasteiger partial charge on any atom is 0.306 e. The first-order chi connectivity index (χ1) is 8.69. The number of hydrogen-bond donors (Lipinski definition) is 0. The van der Waals surface area contributed by atoms with Gasteiger partial charge in [0.05, 0.1) is 10.8 Å². The molecule has 108 valence electrons. The van der Waals surface area contributed by atoms with Gasteiger partial charge in [0.25, 0.3) is 0 Å². The normalized spacial score (nSPS) is 15.0. The number of esters is 1. The van der Waals surface area contributed by atoms with E-state index in [-0.39, 0.29) is 18.3 Å². The van der Waals surface area contributed by atoms with E-state index in [1.54, 1.807) is 24.0 Å². The summed E-state index contributed by atoms with van der Waals surface area (Å²) in [5, 5.41) is 0.538. The lowest BCUT2D eigenvalue weighted by Gasteiger charge is -2.20. The summed E-state index contributed by atoms with van der Waals surface area (Å²) in [7, 11) is 0.615. The minimum Gasteiger partial charge on any atom is -0.460 e. The Balaban J connectivity index is 2.48. The quantitative estimate of drug-likeness (QED) is 0.776. The molecule has 0 aromatic carbocycles. The summed E-state index contributed by atoms with van der Waals surface area (Å²) in [5.41, 5.74) is -0.477. The molecule has 0 amide bonds. The topological polar surface area (TPSA) is 61.2 Å². The number of aromatic nitrogens is 2. The van der Waals surface area contributed by atoms with Crippen molar-refractivity contribution in [3.63, 3.8) is 0 Å². The van der Waals surface area contributed by atoms with Gasteiger partial charge < -0.3 is 9.30 Å². The first kappa shape index (κ1) is 15.9. The molecule has 1 rings (SSSR count). The molecule has 2 atom stereocenters. The maximum absolute atomic E-state index is 12.1. The summed E-state index contributed by atoms with van der Waals surface area (Å²) in [6.07, 6.45) is 3.64. The fraction of sp³-hybridized carbons (Fsp3) is 0.692. The summed E-state index contributed by atoms with van der Waals surface area (Å²) in [5.74, 6) is 0.147. The van der Waals surface area contributed by atoms with Crippen LogP contribution in [0.1, 0.15) is 34.1 Å². The number of carbonyl (C=O) groups excluding carboxylic acids is 1. The largest absolute Gasteiger partial charge is 0.460 e. The van der Waals surface area contributed by atoms with Crippen molar-refractivity contribution in [1.82, 2.24) is 9.55 Å². The van der Waals surface area contributed by atoms with Gasteiger partial charge in [0.15, 0.2) is 5.16 Å². The van der Waals surface area contributed by atoms with Crippen LogP contribution >= 0.6 is 0 Å². The summed E-state index contributed by atoms with van der Waals surface area (Å²) in [6, 6.07) is 0. The average Bonchev–Trinajstić information content (AvgIpc) is 2.60. The third kappa shape index (κ3) is 5.55. The Kier molecular flexibility index (Phi) is 5.29. The number of hydrogen-bond acceptors (Lipinski definition) is 4. The molecule has 0 N–H and O–H groups in total. The fourth-order valence-corrected chi connectivity index (χ4v) is 2.98. The minimum atomic E-state index is -1.19. The number of nitrogens with zero attached hydrogens (tertiary/aromatic N) is 2. The second kappa shape index (κ2) is 6.32. The molecule has 0 bridgehead atoms. The molecule has 0 aliphatic heterocycles. The van der Waals surface area contributed by atoms with E-state index in [2.05, 4.69) is 4.98 Å². The molecule has 0 saturated carbocycles. The van der Waals surface area contributed by atoms with Crippen LogP contribution in [0.4, 0.5) is 0 Å². The van der Waals surface area contributed by atoms with E-state index < -0.39 is 16.4 Å². The van der Waals surface area contributed by atoms with E-state index in [0.717, 1.165) is 0 Å². The van der Waals surface area contributed by atoms with Crippen molar-refractivity contribution in [3.8, 4) is 0 Å². The Labute approximate surface area is 116 Å². The molecule has 1 unspecified atom stereocenters. The van der Waals surface area contributed by atoms with Crippen LogP contribution in [0.3, 0.4) is 0 Å². The first-order valence-corrected chi connectivity index (χ1v) is 7.58. The molecule has 0 radical (unpaired) electrons. The number of rotatable bonds is 5. The predicted octanol–water partition coefficient (Wildman–Crippen LogP) is 1.90. The van der Waals surface area contributed by atoms with Gasteiger partial charge in [0.1, 0.15) is 5.60 Å². The van der Waals surface area contributed by atoms with Gasteiger partial charge in [0, 0.05) is 31.6 Å². The van der Waals surface area contributed by atoms with Crippen LogP contribution in [0, 0.1) is 5.92 Å². The average molecular weight is 286 g/mol. The highest BCUT2D eigenvalue weighted by Crippen LogP contribution is 2.14. The van der Waals surface area contributed by atoms with Crippen LogP contribution < -0.4 is 0 Å². The number of aryl methyl sites for hydroxylation is 1. The zero-order chi connectivity index (χ0) is 14.6. The van der Waals surface area contributed by atoms with Gasteiger partial charge in [0.2, 0.25) is 0 Å². The van der Waals surface area contributed by atoms with Gasteiger partial charge in [-0.25, -0.2) is 4.98 Å². The monoisotopic (exact) mass is 286 g/mol. The molecule has 0 spiro atoms. The van der Waals surface area contributed by atoms with Gasteiger partial charge >= 0.3 is 5.97 Å². The van der Waals surface area contributed by atoms with Crippen LogP contribution in [0.2, 0.25) is 0 Å². The van der Waals surface area contributed by atoms with Crippen LogP contribution in [0.15, 0.2) is 17.6 Å². The van der Waals surface area contributed by atoms with E-state index in [1.807, 2.05) is 27.7 Å². The molecule has 1 heterocycles. The molecular weight excluding hydrogens is 264 g/mol. The zero-order valence-electron chi connectivity index (χ0n) is 12.2. The Hall–Kier alpha value is -1.17. The van der Waals surface area contributed by atoms with Gasteiger partial charge in [-0.2, -0.15) is 0 Å². The molecule has 0 aliphatic carbocycles. The highest BCUT2D eigenvalue weighted by molar-refractivity contribution is 7.84. The molecule has 6 heteroatoms. The van der Waals surface area contributed by atoms with Crippen LogP contribution in [0.25, 0.3) is 0 Å². The van der Waals surface area contributed by atoms with Crippen molar-refractivity contribution >= 4 is 16.8 Å². The van der Waals surface area contributed by atoms with Gasteiger partial charge in [-0.3, -0.25) is 9.00 Å². The van der Waals surface area contributed by atoms with Crippen LogP contribution in [0.5, 0.6) is 0 Å². The standard InChI is InChI=1S/C13H22N2O3S/c1-10(8-11(16)18-13(2,3)4)9-19(17)12-14-6-7-15(12)5/h6-7,10H,8-9H2,1-5H3/t10-,19?/m0/s1.